The molecule has 1 aliphatic heterocycles. The van der Waals surface area contributed by atoms with E-state index in [0.717, 1.165) is 28.5 Å². The number of nitrogens with zero attached hydrogens (tertiary/aromatic N) is 4. The molecule has 0 aliphatic carbocycles. The topological polar surface area (TPSA) is 49.3 Å². The van der Waals surface area contributed by atoms with E-state index in [2.05, 4.69) is 10.2 Å². The number of halogens is 3. The first kappa shape index (κ1) is 19.4. The molecule has 2 aromatic heterocycles. The smallest absolute Gasteiger partial charge is 0.352 e. The van der Waals surface area contributed by atoms with Crippen LogP contribution in [0, 0.1) is 0 Å². The molecule has 0 saturated carbocycles. The monoisotopic (exact) mass is 418 g/mol. The van der Waals surface area contributed by atoms with Crippen molar-refractivity contribution in [1.82, 2.24) is 15.1 Å². The van der Waals surface area contributed by atoms with Gasteiger partial charge in [0.05, 0.1) is 10.4 Å². The van der Waals surface area contributed by atoms with Gasteiger partial charge in [-0.05, 0) is 47.8 Å². The molecule has 5 nitrogen and oxygen atoms in total. The van der Waals surface area contributed by atoms with Crippen molar-refractivity contribution in [3.05, 3.63) is 65.0 Å². The zero-order chi connectivity index (χ0) is 20.4. The highest BCUT2D eigenvalue weighted by Crippen LogP contribution is 2.29. The third kappa shape index (κ3) is 4.24. The lowest BCUT2D eigenvalue weighted by Crippen LogP contribution is -2.49. The number of carbonyl (C=O) groups is 1. The number of hydrogen-bond acceptors (Lipinski definition) is 5. The van der Waals surface area contributed by atoms with Crippen molar-refractivity contribution in [1.29, 1.82) is 0 Å². The van der Waals surface area contributed by atoms with Crippen LogP contribution in [0.2, 0.25) is 0 Å². The molecular weight excluding hydrogens is 401 g/mol. The number of alkyl halides is 3. The van der Waals surface area contributed by atoms with Crippen LogP contribution in [-0.2, 0) is 6.18 Å². The molecule has 4 rings (SSSR count). The van der Waals surface area contributed by atoms with Gasteiger partial charge in [-0.1, -0.05) is 6.07 Å². The Morgan fingerprint density at radius 2 is 1.66 bits per heavy atom. The maximum atomic E-state index is 12.7. The summed E-state index contributed by atoms with van der Waals surface area (Å²) in [5.74, 6) is 0.476. The molecule has 9 heteroatoms. The van der Waals surface area contributed by atoms with E-state index in [1.165, 1.54) is 12.1 Å². The Bertz CT molecular complexity index is 964. The lowest BCUT2D eigenvalue weighted by Gasteiger charge is -2.35. The summed E-state index contributed by atoms with van der Waals surface area (Å²) in [6.45, 7) is 2.10. The summed E-state index contributed by atoms with van der Waals surface area (Å²) in [6.07, 6.45) is -4.41. The molecule has 1 saturated heterocycles. The zero-order valence-electron chi connectivity index (χ0n) is 15.3. The molecule has 3 heterocycles. The van der Waals surface area contributed by atoms with Gasteiger partial charge in [0.2, 0.25) is 0 Å². The van der Waals surface area contributed by atoms with Crippen LogP contribution in [0.25, 0.3) is 10.6 Å². The van der Waals surface area contributed by atoms with E-state index in [4.69, 9.17) is 0 Å². The predicted molar refractivity (Wildman–Crippen MR) is 105 cm³/mol. The Morgan fingerprint density at radius 3 is 2.21 bits per heavy atom. The van der Waals surface area contributed by atoms with E-state index >= 15 is 0 Å². The van der Waals surface area contributed by atoms with Gasteiger partial charge in [0, 0.05) is 31.7 Å². The Kier molecular flexibility index (Phi) is 5.23. The first-order chi connectivity index (χ1) is 13.9. The number of anilines is 1. The van der Waals surface area contributed by atoms with Crippen molar-refractivity contribution in [2.45, 2.75) is 6.18 Å². The molecule has 0 unspecified atom stereocenters. The fourth-order valence-electron chi connectivity index (χ4n) is 3.17. The quantitative estimate of drug-likeness (QED) is 0.640. The lowest BCUT2D eigenvalue weighted by molar-refractivity contribution is -0.137. The molecule has 0 bridgehead atoms. The first-order valence-electron chi connectivity index (χ1n) is 9.01. The van der Waals surface area contributed by atoms with Gasteiger partial charge >= 0.3 is 6.18 Å². The SMILES string of the molecule is O=C(c1ccc(C(F)(F)F)cc1)N1CCN(c2ccc(-c3cccs3)nn2)CC1. The number of piperazine rings is 1. The Balaban J connectivity index is 1.37. The third-order valence-corrected chi connectivity index (χ3v) is 5.67. The van der Waals surface area contributed by atoms with E-state index in [9.17, 15) is 18.0 Å². The standard InChI is InChI=1S/C20H17F3N4OS/c21-20(22,23)15-5-3-14(4-6-15)19(28)27-11-9-26(10-12-27)18-8-7-16(24-25-18)17-2-1-13-29-17/h1-8,13H,9-12H2. The Morgan fingerprint density at radius 1 is 0.931 bits per heavy atom. The molecule has 1 aromatic carbocycles. The van der Waals surface area contributed by atoms with Crippen molar-refractivity contribution in [2.24, 2.45) is 0 Å². The third-order valence-electron chi connectivity index (χ3n) is 4.77. The van der Waals surface area contributed by atoms with E-state index in [1.807, 2.05) is 34.5 Å². The highest BCUT2D eigenvalue weighted by atomic mass is 32.1. The van der Waals surface area contributed by atoms with Crippen LogP contribution in [-0.4, -0.2) is 47.2 Å². The minimum absolute atomic E-state index is 0.256. The molecule has 0 atom stereocenters. The van der Waals surface area contributed by atoms with E-state index < -0.39 is 11.7 Å². The molecule has 1 fully saturated rings. The van der Waals surface area contributed by atoms with Gasteiger partial charge in [0.1, 0.15) is 5.69 Å². The molecule has 0 N–H and O–H groups in total. The van der Waals surface area contributed by atoms with Crippen molar-refractivity contribution in [3.8, 4) is 10.6 Å². The number of carbonyl (C=O) groups excluding carboxylic acids is 1. The summed E-state index contributed by atoms with van der Waals surface area (Å²) < 4.78 is 38.0. The van der Waals surface area contributed by atoms with Gasteiger partial charge in [-0.2, -0.15) is 13.2 Å². The fourth-order valence-corrected chi connectivity index (χ4v) is 3.86. The lowest BCUT2D eigenvalue weighted by atomic mass is 10.1. The summed E-state index contributed by atoms with van der Waals surface area (Å²) in [7, 11) is 0. The van der Waals surface area contributed by atoms with Gasteiger partial charge in [-0.15, -0.1) is 21.5 Å². The van der Waals surface area contributed by atoms with Crippen molar-refractivity contribution in [2.75, 3.05) is 31.1 Å². The molecule has 0 spiro atoms. The van der Waals surface area contributed by atoms with E-state index in [1.54, 1.807) is 16.2 Å². The van der Waals surface area contributed by atoms with Crippen LogP contribution >= 0.6 is 11.3 Å². The largest absolute Gasteiger partial charge is 0.416 e. The molecule has 3 aromatic rings. The number of benzene rings is 1. The molecule has 150 valence electrons. The summed E-state index contributed by atoms with van der Waals surface area (Å²) >= 11 is 1.60. The minimum atomic E-state index is -4.41. The number of hydrogen-bond donors (Lipinski definition) is 0. The van der Waals surface area contributed by atoms with Gasteiger partial charge < -0.3 is 9.80 Å². The van der Waals surface area contributed by atoms with Crippen LogP contribution in [0.15, 0.2) is 53.9 Å². The predicted octanol–water partition coefficient (Wildman–Crippen LogP) is 4.19. The number of aromatic nitrogens is 2. The normalized spacial score (nSPS) is 14.9. The highest BCUT2D eigenvalue weighted by molar-refractivity contribution is 7.13. The first-order valence-corrected chi connectivity index (χ1v) is 9.89. The average Bonchev–Trinajstić information content (AvgIpc) is 3.28. The van der Waals surface area contributed by atoms with Crippen molar-refractivity contribution >= 4 is 23.1 Å². The number of amides is 1. The second kappa shape index (κ2) is 7.82. The molecular formula is C20H17F3N4OS. The summed E-state index contributed by atoms with van der Waals surface area (Å²) in [5, 5.41) is 10.5. The van der Waals surface area contributed by atoms with Crippen LogP contribution in [0.1, 0.15) is 15.9 Å². The van der Waals surface area contributed by atoms with Gasteiger partial charge in [0.25, 0.3) is 5.91 Å². The average molecular weight is 418 g/mol. The molecule has 29 heavy (non-hydrogen) atoms. The molecule has 1 amide bonds. The van der Waals surface area contributed by atoms with Crippen LogP contribution in [0.3, 0.4) is 0 Å². The summed E-state index contributed by atoms with van der Waals surface area (Å²) in [6, 6.07) is 12.1. The van der Waals surface area contributed by atoms with Gasteiger partial charge in [-0.25, -0.2) is 0 Å². The summed E-state index contributed by atoms with van der Waals surface area (Å²) in [4.78, 5) is 17.3. The number of rotatable bonds is 3. The summed E-state index contributed by atoms with van der Waals surface area (Å²) in [5.41, 5.74) is 0.315. The van der Waals surface area contributed by atoms with Gasteiger partial charge in [-0.3, -0.25) is 4.79 Å². The Hall–Kier alpha value is -2.94. The molecule has 1 aliphatic rings. The minimum Gasteiger partial charge on any atom is -0.352 e. The van der Waals surface area contributed by atoms with E-state index in [0.29, 0.717) is 26.2 Å². The van der Waals surface area contributed by atoms with Crippen LogP contribution < -0.4 is 4.90 Å². The second-order valence-corrected chi connectivity index (χ2v) is 7.56. The van der Waals surface area contributed by atoms with Crippen molar-refractivity contribution in [3.63, 3.8) is 0 Å². The highest BCUT2D eigenvalue weighted by Gasteiger charge is 2.30. The number of thiophene rings is 1. The van der Waals surface area contributed by atoms with Gasteiger partial charge in [0.15, 0.2) is 5.82 Å². The second-order valence-electron chi connectivity index (χ2n) is 6.61. The maximum Gasteiger partial charge on any atom is 0.416 e. The molecule has 0 radical (unpaired) electrons. The fraction of sp³-hybridized carbons (Fsp3) is 0.250. The van der Waals surface area contributed by atoms with Crippen LogP contribution in [0.5, 0.6) is 0 Å². The van der Waals surface area contributed by atoms with Crippen molar-refractivity contribution < 1.29 is 18.0 Å². The zero-order valence-corrected chi connectivity index (χ0v) is 16.1. The van der Waals surface area contributed by atoms with Crippen LogP contribution in [0.4, 0.5) is 19.0 Å². The Labute approximate surface area is 169 Å². The maximum absolute atomic E-state index is 12.7. The van der Waals surface area contributed by atoms with E-state index in [-0.39, 0.29) is 11.5 Å².